The van der Waals surface area contributed by atoms with Crippen LogP contribution in [0.5, 0.6) is 0 Å². The van der Waals surface area contributed by atoms with Crippen LogP contribution in [0.4, 0.5) is 0 Å². The average Bonchev–Trinajstić information content (AvgIpc) is 3.18. The number of benzene rings is 7. The Bertz CT molecular complexity index is 2480. The minimum Gasteiger partial charge on any atom is -0.208 e. The minimum atomic E-state index is -1.43. The Kier molecular flexibility index (Phi) is 8.23. The van der Waals surface area contributed by atoms with Crippen molar-refractivity contribution in [2.24, 2.45) is 0 Å². The molecule has 8 aromatic rings. The summed E-state index contributed by atoms with van der Waals surface area (Å²) in [5.41, 5.74) is 9.88. The molecule has 8 rings (SSSR count). The summed E-state index contributed by atoms with van der Waals surface area (Å²) in [5, 5.41) is 3.72. The van der Waals surface area contributed by atoms with Gasteiger partial charge in [-0.1, -0.05) is 176 Å². The lowest BCUT2D eigenvalue weighted by Gasteiger charge is -2.17. The number of hydrogen-bond acceptors (Lipinski definition) is 3. The quantitative estimate of drug-likeness (QED) is 0.160. The SMILES string of the molecule is C[Si](C)(C)c1cccc(-c2cccc(-c3cccc(-c4nc(-c5cccc(-c6ccccc6)c5)nc(-c5cccc6ccccc56)n4)c3)c2)c1. The molecule has 3 nitrogen and oxygen atoms in total. The summed E-state index contributed by atoms with van der Waals surface area (Å²) in [6, 6.07) is 60.0. The van der Waals surface area contributed by atoms with E-state index in [-0.39, 0.29) is 0 Å². The van der Waals surface area contributed by atoms with Gasteiger partial charge in [0.05, 0.1) is 8.07 Å². The van der Waals surface area contributed by atoms with Crippen molar-refractivity contribution < 1.29 is 0 Å². The Morgan fingerprint density at radius 1 is 0.340 bits per heavy atom. The molecule has 1 aromatic heterocycles. The molecule has 0 spiro atoms. The second-order valence-electron chi connectivity index (χ2n) is 13.8. The highest BCUT2D eigenvalue weighted by atomic mass is 28.3. The number of rotatable bonds is 7. The van der Waals surface area contributed by atoms with Gasteiger partial charge in [-0.2, -0.15) is 0 Å². The van der Waals surface area contributed by atoms with E-state index in [0.717, 1.165) is 49.7 Å². The lowest BCUT2D eigenvalue weighted by molar-refractivity contribution is 1.08. The summed E-state index contributed by atoms with van der Waals surface area (Å²) < 4.78 is 0. The highest BCUT2D eigenvalue weighted by molar-refractivity contribution is 6.88. The average molecular weight is 660 g/mol. The summed E-state index contributed by atoms with van der Waals surface area (Å²) in [5.74, 6) is 1.94. The molecule has 0 amide bonds. The molecule has 0 aliphatic heterocycles. The van der Waals surface area contributed by atoms with E-state index in [0.29, 0.717) is 17.5 Å². The van der Waals surface area contributed by atoms with E-state index in [4.69, 9.17) is 15.0 Å². The van der Waals surface area contributed by atoms with Crippen LogP contribution in [-0.2, 0) is 0 Å². The van der Waals surface area contributed by atoms with E-state index in [1.807, 2.05) is 6.07 Å². The Balaban J connectivity index is 1.25. The van der Waals surface area contributed by atoms with Crippen molar-refractivity contribution >= 4 is 24.0 Å². The summed E-state index contributed by atoms with van der Waals surface area (Å²) in [6.45, 7) is 7.19. The fourth-order valence-electron chi connectivity index (χ4n) is 6.52. The van der Waals surface area contributed by atoms with Crippen LogP contribution in [-0.4, -0.2) is 23.0 Å². The van der Waals surface area contributed by atoms with Gasteiger partial charge in [0.2, 0.25) is 0 Å². The molecule has 0 saturated carbocycles. The molecule has 4 heteroatoms. The molecular formula is C46H37N3Si. The molecule has 0 N–H and O–H groups in total. The predicted octanol–water partition coefficient (Wildman–Crippen LogP) is 11.6. The second kappa shape index (κ2) is 13.1. The zero-order valence-electron chi connectivity index (χ0n) is 28.5. The van der Waals surface area contributed by atoms with Crippen LogP contribution in [0.15, 0.2) is 170 Å². The number of aromatic nitrogens is 3. The van der Waals surface area contributed by atoms with Crippen molar-refractivity contribution in [1.29, 1.82) is 0 Å². The normalized spacial score (nSPS) is 11.5. The van der Waals surface area contributed by atoms with Crippen LogP contribution >= 0.6 is 0 Å². The van der Waals surface area contributed by atoms with E-state index < -0.39 is 8.07 Å². The zero-order valence-corrected chi connectivity index (χ0v) is 29.5. The number of fused-ring (bicyclic) bond motifs is 1. The van der Waals surface area contributed by atoms with Gasteiger partial charge in [0, 0.05) is 16.7 Å². The van der Waals surface area contributed by atoms with Gasteiger partial charge >= 0.3 is 0 Å². The predicted molar refractivity (Wildman–Crippen MR) is 213 cm³/mol. The van der Waals surface area contributed by atoms with Gasteiger partial charge in [-0.3, -0.25) is 0 Å². The Labute approximate surface area is 295 Å². The molecule has 0 aliphatic rings. The Hall–Kier alpha value is -5.97. The van der Waals surface area contributed by atoms with Crippen molar-refractivity contribution in [1.82, 2.24) is 15.0 Å². The maximum Gasteiger partial charge on any atom is 0.164 e. The first-order chi connectivity index (χ1) is 24.4. The molecular weight excluding hydrogens is 623 g/mol. The number of nitrogens with zero attached hydrogens (tertiary/aromatic N) is 3. The third-order valence-electron chi connectivity index (χ3n) is 9.27. The number of hydrogen-bond donors (Lipinski definition) is 0. The van der Waals surface area contributed by atoms with E-state index in [2.05, 4.69) is 183 Å². The van der Waals surface area contributed by atoms with Crippen molar-refractivity contribution in [3.8, 4) is 67.5 Å². The van der Waals surface area contributed by atoms with Gasteiger partial charge in [-0.15, -0.1) is 0 Å². The fourth-order valence-corrected chi connectivity index (χ4v) is 7.71. The first kappa shape index (κ1) is 31.3. The van der Waals surface area contributed by atoms with Crippen LogP contribution in [0, 0.1) is 0 Å². The fraction of sp³-hybridized carbons (Fsp3) is 0.0652. The maximum absolute atomic E-state index is 5.14. The zero-order chi connectivity index (χ0) is 34.1. The van der Waals surface area contributed by atoms with Gasteiger partial charge in [0.15, 0.2) is 17.5 Å². The molecule has 7 aromatic carbocycles. The van der Waals surface area contributed by atoms with Crippen molar-refractivity contribution in [2.75, 3.05) is 0 Å². The molecule has 1 heterocycles. The van der Waals surface area contributed by atoms with Crippen molar-refractivity contribution in [3.63, 3.8) is 0 Å². The lowest BCUT2D eigenvalue weighted by atomic mass is 9.98. The van der Waals surface area contributed by atoms with Gasteiger partial charge < -0.3 is 0 Å². The lowest BCUT2D eigenvalue weighted by Crippen LogP contribution is -2.37. The Morgan fingerprint density at radius 2 is 0.760 bits per heavy atom. The van der Waals surface area contributed by atoms with Crippen LogP contribution < -0.4 is 5.19 Å². The van der Waals surface area contributed by atoms with Crippen LogP contribution in [0.25, 0.3) is 78.3 Å². The topological polar surface area (TPSA) is 38.7 Å². The van der Waals surface area contributed by atoms with Crippen LogP contribution in [0.3, 0.4) is 0 Å². The van der Waals surface area contributed by atoms with E-state index >= 15 is 0 Å². The maximum atomic E-state index is 5.14. The smallest absolute Gasteiger partial charge is 0.164 e. The molecule has 0 aliphatic carbocycles. The van der Waals surface area contributed by atoms with Gasteiger partial charge in [0.25, 0.3) is 0 Å². The largest absolute Gasteiger partial charge is 0.208 e. The first-order valence-corrected chi connectivity index (χ1v) is 20.6. The molecule has 0 fully saturated rings. The third-order valence-corrected chi connectivity index (χ3v) is 11.3. The van der Waals surface area contributed by atoms with Crippen molar-refractivity contribution in [3.05, 3.63) is 170 Å². The van der Waals surface area contributed by atoms with Crippen LogP contribution in [0.1, 0.15) is 0 Å². The van der Waals surface area contributed by atoms with Gasteiger partial charge in [0.1, 0.15) is 0 Å². The van der Waals surface area contributed by atoms with E-state index in [9.17, 15) is 0 Å². The Morgan fingerprint density at radius 3 is 1.38 bits per heavy atom. The summed E-state index contributed by atoms with van der Waals surface area (Å²) in [6.07, 6.45) is 0. The monoisotopic (exact) mass is 659 g/mol. The molecule has 0 unspecified atom stereocenters. The van der Waals surface area contributed by atoms with Crippen LogP contribution in [0.2, 0.25) is 19.6 Å². The summed E-state index contributed by atoms with van der Waals surface area (Å²) in [7, 11) is -1.43. The highest BCUT2D eigenvalue weighted by Crippen LogP contribution is 2.33. The minimum absolute atomic E-state index is 0.642. The summed E-state index contributed by atoms with van der Waals surface area (Å²) in [4.78, 5) is 15.4. The van der Waals surface area contributed by atoms with Crippen molar-refractivity contribution in [2.45, 2.75) is 19.6 Å². The highest BCUT2D eigenvalue weighted by Gasteiger charge is 2.18. The van der Waals surface area contributed by atoms with Gasteiger partial charge in [-0.25, -0.2) is 15.0 Å². The molecule has 0 saturated heterocycles. The van der Waals surface area contributed by atoms with Gasteiger partial charge in [-0.05, 0) is 62.4 Å². The summed E-state index contributed by atoms with van der Waals surface area (Å²) >= 11 is 0. The molecule has 0 atom stereocenters. The molecule has 0 radical (unpaired) electrons. The third kappa shape index (κ3) is 6.41. The molecule has 0 bridgehead atoms. The first-order valence-electron chi connectivity index (χ1n) is 17.1. The standard InChI is InChI=1S/C46H37N3Si/c1-50(2,3)41-25-12-22-38(31-41)36-20-9-19-35(28-36)37-21-11-24-40(30-37)45-47-44(39-23-10-18-34(29-39)32-14-5-4-6-15-32)48-46(49-45)43-27-13-17-33-16-7-8-26-42(33)43/h4-31H,1-3H3. The molecule has 50 heavy (non-hydrogen) atoms. The van der Waals surface area contributed by atoms with E-state index in [1.54, 1.807) is 0 Å². The second-order valence-corrected chi connectivity index (χ2v) is 18.8. The van der Waals surface area contributed by atoms with E-state index in [1.165, 1.54) is 16.3 Å². The molecule has 240 valence electrons.